The predicted octanol–water partition coefficient (Wildman–Crippen LogP) is 2.15. The van der Waals surface area contributed by atoms with E-state index in [1.165, 1.54) is 10.2 Å². The Balaban J connectivity index is 2.77. The molecule has 0 fully saturated rings. The van der Waals surface area contributed by atoms with Crippen molar-refractivity contribution in [3.05, 3.63) is 0 Å². The van der Waals surface area contributed by atoms with E-state index in [1.54, 1.807) is 0 Å². The van der Waals surface area contributed by atoms with Crippen LogP contribution in [-0.4, -0.2) is 28.5 Å². The minimum atomic E-state index is 0.779. The molecule has 0 aromatic rings. The van der Waals surface area contributed by atoms with Gasteiger partial charge in [0.1, 0.15) is 0 Å². The van der Waals surface area contributed by atoms with Crippen molar-refractivity contribution < 1.29 is 0 Å². The second kappa shape index (κ2) is 8.14. The van der Waals surface area contributed by atoms with Gasteiger partial charge in [0.25, 0.3) is 0 Å². The Kier molecular flexibility index (Phi) is 8.99. The van der Waals surface area contributed by atoms with Crippen LogP contribution < -0.4 is 5.32 Å². The van der Waals surface area contributed by atoms with E-state index in [2.05, 4.69) is 41.8 Å². The maximum Gasteiger partial charge on any atom is 0.0121 e. The Labute approximate surface area is 81.9 Å². The van der Waals surface area contributed by atoms with Crippen molar-refractivity contribution in [2.75, 3.05) is 23.3 Å². The molecule has 62 valence electrons. The molecular weight excluding hydrogens is 257 g/mol. The lowest BCUT2D eigenvalue weighted by atomic mass is 10.6. The van der Waals surface area contributed by atoms with Crippen molar-refractivity contribution in [2.45, 2.75) is 19.1 Å². The van der Waals surface area contributed by atoms with Gasteiger partial charge in [0.15, 0.2) is 0 Å². The Morgan fingerprint density at radius 2 is 2.10 bits per heavy atom. The number of hydrogen-bond donors (Lipinski definition) is 1. The van der Waals surface area contributed by atoms with Crippen LogP contribution in [0.1, 0.15) is 13.8 Å². The molecule has 3 heteroatoms. The van der Waals surface area contributed by atoms with E-state index in [-0.39, 0.29) is 0 Å². The molecule has 1 nitrogen and oxygen atoms in total. The van der Waals surface area contributed by atoms with Crippen molar-refractivity contribution in [2.24, 2.45) is 0 Å². The second-order valence-corrected chi connectivity index (χ2v) is 5.12. The molecule has 0 aromatic heterocycles. The van der Waals surface area contributed by atoms with E-state index in [4.69, 9.17) is 0 Å². The highest BCUT2D eigenvalue weighted by Crippen LogP contribution is 2.06. The number of halogens is 1. The van der Waals surface area contributed by atoms with Crippen LogP contribution in [0.15, 0.2) is 0 Å². The minimum absolute atomic E-state index is 0.779. The van der Waals surface area contributed by atoms with Crippen LogP contribution in [0.5, 0.6) is 0 Å². The fourth-order valence-corrected chi connectivity index (χ4v) is 1.67. The quantitative estimate of drug-likeness (QED) is 0.452. The monoisotopic (exact) mass is 273 g/mol. The van der Waals surface area contributed by atoms with E-state index in [1.807, 2.05) is 11.8 Å². The van der Waals surface area contributed by atoms with Crippen molar-refractivity contribution >= 4 is 34.4 Å². The van der Waals surface area contributed by atoms with Crippen LogP contribution in [0.4, 0.5) is 0 Å². The Hall–Kier alpha value is 1.04. The molecule has 0 atom stereocenters. The minimum Gasteiger partial charge on any atom is -0.315 e. The Bertz CT molecular complexity index is 68.6. The van der Waals surface area contributed by atoms with Gasteiger partial charge in [-0.25, -0.2) is 0 Å². The highest BCUT2D eigenvalue weighted by molar-refractivity contribution is 14.1. The van der Waals surface area contributed by atoms with Gasteiger partial charge in [0, 0.05) is 23.3 Å². The summed E-state index contributed by atoms with van der Waals surface area (Å²) < 4.78 is 1.21. The molecule has 0 saturated heterocycles. The number of alkyl halides is 1. The highest BCUT2D eigenvalue weighted by atomic mass is 127. The topological polar surface area (TPSA) is 12.0 Å². The molecule has 0 heterocycles. The molecule has 0 unspecified atom stereocenters. The standard InChI is InChI=1S/C7H16INS/c1-7(2)10-6-5-9-4-3-8/h7,9H,3-6H2,1-2H3. The molecule has 0 rings (SSSR count). The third-order valence-corrected chi connectivity index (χ3v) is 2.65. The van der Waals surface area contributed by atoms with Crippen LogP contribution in [-0.2, 0) is 0 Å². The van der Waals surface area contributed by atoms with E-state index < -0.39 is 0 Å². The van der Waals surface area contributed by atoms with Crippen molar-refractivity contribution in [1.29, 1.82) is 0 Å². The molecule has 0 aromatic carbocycles. The third-order valence-electron chi connectivity index (χ3n) is 1.00. The molecule has 0 radical (unpaired) electrons. The van der Waals surface area contributed by atoms with Crippen molar-refractivity contribution in [3.63, 3.8) is 0 Å². The molecule has 0 amide bonds. The first-order chi connectivity index (χ1) is 4.77. The normalized spacial score (nSPS) is 10.8. The zero-order chi connectivity index (χ0) is 7.82. The van der Waals surface area contributed by atoms with Crippen molar-refractivity contribution in [3.8, 4) is 0 Å². The molecule has 0 aliphatic carbocycles. The van der Waals surface area contributed by atoms with Crippen LogP contribution in [0.25, 0.3) is 0 Å². The zero-order valence-corrected chi connectivity index (χ0v) is 9.67. The highest BCUT2D eigenvalue weighted by Gasteiger charge is 1.91. The number of nitrogens with one attached hydrogen (secondary N) is 1. The Morgan fingerprint density at radius 1 is 1.40 bits per heavy atom. The number of rotatable bonds is 6. The van der Waals surface area contributed by atoms with Gasteiger partial charge in [-0.2, -0.15) is 11.8 Å². The largest absolute Gasteiger partial charge is 0.315 e. The lowest BCUT2D eigenvalue weighted by Crippen LogP contribution is -2.19. The van der Waals surface area contributed by atoms with Crippen LogP contribution in [0.2, 0.25) is 0 Å². The average Bonchev–Trinajstić information content (AvgIpc) is 1.87. The summed E-state index contributed by atoms with van der Waals surface area (Å²) in [6, 6.07) is 0. The van der Waals surface area contributed by atoms with Gasteiger partial charge in [0.2, 0.25) is 0 Å². The molecule has 0 bridgehead atoms. The molecule has 0 saturated carbocycles. The summed E-state index contributed by atoms with van der Waals surface area (Å²) in [6.45, 7) is 6.79. The van der Waals surface area contributed by atoms with Gasteiger partial charge < -0.3 is 5.32 Å². The summed E-state index contributed by atoms with van der Waals surface area (Å²) in [4.78, 5) is 0. The lowest BCUT2D eigenvalue weighted by molar-refractivity contribution is 0.778. The molecule has 1 N–H and O–H groups in total. The second-order valence-electron chi connectivity index (χ2n) is 2.36. The third kappa shape index (κ3) is 9.04. The van der Waals surface area contributed by atoms with Gasteiger partial charge in [-0.3, -0.25) is 0 Å². The zero-order valence-electron chi connectivity index (χ0n) is 6.69. The Morgan fingerprint density at radius 3 is 2.60 bits per heavy atom. The van der Waals surface area contributed by atoms with E-state index in [0.29, 0.717) is 0 Å². The van der Waals surface area contributed by atoms with Gasteiger partial charge >= 0.3 is 0 Å². The molecule has 0 spiro atoms. The summed E-state index contributed by atoms with van der Waals surface area (Å²) in [5, 5.41) is 4.14. The summed E-state index contributed by atoms with van der Waals surface area (Å²) in [7, 11) is 0. The van der Waals surface area contributed by atoms with Crippen LogP contribution >= 0.6 is 34.4 Å². The molecule has 0 aliphatic rings. The van der Waals surface area contributed by atoms with Crippen LogP contribution in [0.3, 0.4) is 0 Å². The lowest BCUT2D eigenvalue weighted by Gasteiger charge is -2.04. The van der Waals surface area contributed by atoms with Gasteiger partial charge in [-0.1, -0.05) is 36.4 Å². The van der Waals surface area contributed by atoms with Crippen molar-refractivity contribution in [1.82, 2.24) is 5.32 Å². The van der Waals surface area contributed by atoms with Gasteiger partial charge in [-0.05, 0) is 5.25 Å². The number of thioether (sulfide) groups is 1. The SMILES string of the molecule is CC(C)SCCNCCI. The summed E-state index contributed by atoms with van der Waals surface area (Å²) in [5.74, 6) is 1.24. The maximum atomic E-state index is 3.36. The molecule has 0 aliphatic heterocycles. The molecule has 10 heavy (non-hydrogen) atoms. The van der Waals surface area contributed by atoms with E-state index in [0.717, 1.165) is 18.3 Å². The van der Waals surface area contributed by atoms with Gasteiger partial charge in [-0.15, -0.1) is 0 Å². The molecular formula is C7H16INS. The van der Waals surface area contributed by atoms with Crippen LogP contribution in [0, 0.1) is 0 Å². The summed E-state index contributed by atoms with van der Waals surface area (Å²) in [6.07, 6.45) is 0. The average molecular weight is 273 g/mol. The first-order valence-corrected chi connectivity index (χ1v) is 6.23. The smallest absolute Gasteiger partial charge is 0.0121 e. The predicted molar refractivity (Wildman–Crippen MR) is 59.4 cm³/mol. The number of hydrogen-bond acceptors (Lipinski definition) is 2. The first kappa shape index (κ1) is 11.0. The summed E-state index contributed by atoms with van der Waals surface area (Å²) in [5.41, 5.74) is 0. The van der Waals surface area contributed by atoms with Gasteiger partial charge in [0.05, 0.1) is 0 Å². The fraction of sp³-hybridized carbons (Fsp3) is 1.00. The first-order valence-electron chi connectivity index (χ1n) is 3.65. The maximum absolute atomic E-state index is 3.36. The van der Waals surface area contributed by atoms with E-state index >= 15 is 0 Å². The van der Waals surface area contributed by atoms with E-state index in [9.17, 15) is 0 Å². The fourth-order valence-electron chi connectivity index (χ4n) is 0.559. The summed E-state index contributed by atoms with van der Waals surface area (Å²) >= 11 is 4.40.